The molecular formula is C16H26N4O5S. The Kier molecular flexibility index (Phi) is 6.76. The highest BCUT2D eigenvalue weighted by atomic mass is 32.2. The van der Waals surface area contributed by atoms with Gasteiger partial charge in [0.1, 0.15) is 15.4 Å². The zero-order valence-corrected chi connectivity index (χ0v) is 16.0. The van der Waals surface area contributed by atoms with Crippen molar-refractivity contribution in [3.05, 3.63) is 18.5 Å². The van der Waals surface area contributed by atoms with Gasteiger partial charge in [-0.15, -0.1) is 0 Å². The third-order valence-electron chi connectivity index (χ3n) is 4.59. The maximum absolute atomic E-state index is 12.8. The van der Waals surface area contributed by atoms with Gasteiger partial charge in [-0.2, -0.15) is 5.10 Å². The maximum Gasteiger partial charge on any atom is 0.248 e. The van der Waals surface area contributed by atoms with Crippen LogP contribution in [0.25, 0.3) is 0 Å². The lowest BCUT2D eigenvalue weighted by Gasteiger charge is -2.40. The van der Waals surface area contributed by atoms with Gasteiger partial charge in [-0.1, -0.05) is 0 Å². The Bertz CT molecular complexity index is 709. The van der Waals surface area contributed by atoms with Crippen LogP contribution < -0.4 is 5.32 Å². The fourth-order valence-corrected chi connectivity index (χ4v) is 3.62. The van der Waals surface area contributed by atoms with Crippen molar-refractivity contribution in [1.29, 1.82) is 0 Å². The smallest absolute Gasteiger partial charge is 0.248 e. The molecule has 0 radical (unpaired) electrons. The standard InChI is InChI=1S/C16H26N4O5S/c1-25-12-8-17-15(22)16(20-9-3-7-18-20)5-10-19(11-6-16)14(21)4-13-26(2,23)24/h3,7,9H,4-6,8,10-13H2,1-2H3,(H,17,22). The van der Waals surface area contributed by atoms with Crippen LogP contribution >= 0.6 is 0 Å². The van der Waals surface area contributed by atoms with E-state index in [1.165, 1.54) is 0 Å². The predicted molar refractivity (Wildman–Crippen MR) is 95.2 cm³/mol. The van der Waals surface area contributed by atoms with E-state index >= 15 is 0 Å². The van der Waals surface area contributed by atoms with Gasteiger partial charge in [-0.05, 0) is 18.9 Å². The number of rotatable bonds is 8. The minimum atomic E-state index is -3.18. The van der Waals surface area contributed by atoms with Crippen LogP contribution in [0.5, 0.6) is 0 Å². The molecule has 0 aliphatic carbocycles. The van der Waals surface area contributed by atoms with E-state index < -0.39 is 15.4 Å². The second-order valence-corrected chi connectivity index (χ2v) is 8.75. The molecule has 0 atom stereocenters. The van der Waals surface area contributed by atoms with Gasteiger partial charge in [-0.3, -0.25) is 14.3 Å². The number of nitrogens with zero attached hydrogens (tertiary/aromatic N) is 3. The summed E-state index contributed by atoms with van der Waals surface area (Å²) in [6.45, 7) is 1.56. The van der Waals surface area contributed by atoms with Gasteiger partial charge in [0, 0.05) is 51.8 Å². The summed E-state index contributed by atoms with van der Waals surface area (Å²) in [5.74, 6) is -0.518. The number of carbonyl (C=O) groups excluding carboxylic acids is 2. The number of methoxy groups -OCH3 is 1. The summed E-state index contributed by atoms with van der Waals surface area (Å²) in [6.07, 6.45) is 5.28. The number of sulfone groups is 1. The molecule has 2 amide bonds. The monoisotopic (exact) mass is 386 g/mol. The molecule has 2 rings (SSSR count). The van der Waals surface area contributed by atoms with Crippen molar-refractivity contribution in [3.63, 3.8) is 0 Å². The van der Waals surface area contributed by atoms with E-state index in [0.717, 1.165) is 6.26 Å². The highest BCUT2D eigenvalue weighted by molar-refractivity contribution is 7.90. The SMILES string of the molecule is COCCNC(=O)C1(n2cccn2)CCN(C(=O)CCS(C)(=O)=O)CC1. The highest BCUT2D eigenvalue weighted by Gasteiger charge is 2.44. The fourth-order valence-electron chi connectivity index (χ4n) is 3.07. The van der Waals surface area contributed by atoms with E-state index in [1.54, 1.807) is 35.2 Å². The Morgan fingerprint density at radius 1 is 1.31 bits per heavy atom. The van der Waals surface area contributed by atoms with E-state index in [-0.39, 0.29) is 24.0 Å². The highest BCUT2D eigenvalue weighted by Crippen LogP contribution is 2.30. The van der Waals surface area contributed by atoms with Crippen LogP contribution in [-0.2, 0) is 29.7 Å². The summed E-state index contributed by atoms with van der Waals surface area (Å²) in [5, 5.41) is 7.11. The maximum atomic E-state index is 12.8. The molecule has 10 heteroatoms. The van der Waals surface area contributed by atoms with Crippen LogP contribution in [0.15, 0.2) is 18.5 Å². The number of ether oxygens (including phenoxy) is 1. The largest absolute Gasteiger partial charge is 0.383 e. The van der Waals surface area contributed by atoms with Crippen LogP contribution in [0.2, 0.25) is 0 Å². The van der Waals surface area contributed by atoms with Crippen molar-refractivity contribution in [2.45, 2.75) is 24.8 Å². The van der Waals surface area contributed by atoms with E-state index in [1.807, 2.05) is 0 Å². The van der Waals surface area contributed by atoms with Crippen LogP contribution in [0.3, 0.4) is 0 Å². The average molecular weight is 386 g/mol. The number of likely N-dealkylation sites (tertiary alicyclic amines) is 1. The van der Waals surface area contributed by atoms with E-state index in [2.05, 4.69) is 10.4 Å². The molecule has 0 unspecified atom stereocenters. The zero-order valence-electron chi connectivity index (χ0n) is 15.2. The summed E-state index contributed by atoms with van der Waals surface area (Å²) >= 11 is 0. The van der Waals surface area contributed by atoms with Gasteiger partial charge in [0.2, 0.25) is 11.8 Å². The van der Waals surface area contributed by atoms with Gasteiger partial charge in [0.05, 0.1) is 12.4 Å². The van der Waals surface area contributed by atoms with Crippen LogP contribution in [0.1, 0.15) is 19.3 Å². The van der Waals surface area contributed by atoms with Gasteiger partial charge in [0.25, 0.3) is 0 Å². The molecule has 0 bridgehead atoms. The normalized spacial score (nSPS) is 17.1. The molecule has 1 saturated heterocycles. The summed E-state index contributed by atoms with van der Waals surface area (Å²) in [7, 11) is -1.61. The molecule has 0 saturated carbocycles. The molecule has 1 aliphatic rings. The number of piperidine rings is 1. The first kappa shape index (κ1) is 20.4. The van der Waals surface area contributed by atoms with Crippen molar-refractivity contribution in [3.8, 4) is 0 Å². The topological polar surface area (TPSA) is 111 Å². The number of hydrogen-bond acceptors (Lipinski definition) is 6. The summed E-state index contributed by atoms with van der Waals surface area (Å²) in [6, 6.07) is 1.76. The predicted octanol–water partition coefficient (Wildman–Crippen LogP) is -0.602. The number of hydrogen-bond donors (Lipinski definition) is 1. The number of carbonyl (C=O) groups is 2. The van der Waals surface area contributed by atoms with E-state index in [4.69, 9.17) is 4.74 Å². The molecule has 26 heavy (non-hydrogen) atoms. The third-order valence-corrected chi connectivity index (χ3v) is 5.53. The van der Waals surface area contributed by atoms with Crippen molar-refractivity contribution in [2.24, 2.45) is 0 Å². The molecule has 0 aromatic carbocycles. The number of nitrogens with one attached hydrogen (secondary N) is 1. The molecule has 9 nitrogen and oxygen atoms in total. The minimum absolute atomic E-state index is 0.0341. The van der Waals surface area contributed by atoms with Crippen LogP contribution in [0.4, 0.5) is 0 Å². The lowest BCUT2D eigenvalue weighted by atomic mass is 9.86. The van der Waals surface area contributed by atoms with Crippen molar-refractivity contribution in [1.82, 2.24) is 20.0 Å². The van der Waals surface area contributed by atoms with E-state index in [9.17, 15) is 18.0 Å². The Balaban J connectivity index is 2.04. The van der Waals surface area contributed by atoms with Gasteiger partial charge >= 0.3 is 0 Å². The van der Waals surface area contributed by atoms with Crippen LogP contribution in [0, 0.1) is 0 Å². The first-order valence-electron chi connectivity index (χ1n) is 8.51. The van der Waals surface area contributed by atoms with Gasteiger partial charge in [-0.25, -0.2) is 8.42 Å². The minimum Gasteiger partial charge on any atom is -0.383 e. The Morgan fingerprint density at radius 2 is 2.00 bits per heavy atom. The molecule has 1 aliphatic heterocycles. The Morgan fingerprint density at radius 3 is 2.54 bits per heavy atom. The Hall–Kier alpha value is -1.94. The first-order chi connectivity index (χ1) is 12.3. The Labute approximate surface area is 153 Å². The van der Waals surface area contributed by atoms with Gasteiger partial charge in [0.15, 0.2) is 0 Å². The fraction of sp³-hybridized carbons (Fsp3) is 0.688. The van der Waals surface area contributed by atoms with E-state index in [0.29, 0.717) is 39.1 Å². The molecule has 0 spiro atoms. The second kappa shape index (κ2) is 8.63. The zero-order chi connectivity index (χ0) is 19.2. The molecule has 146 valence electrons. The summed E-state index contributed by atoms with van der Waals surface area (Å²) < 4.78 is 29.1. The summed E-state index contributed by atoms with van der Waals surface area (Å²) in [4.78, 5) is 26.7. The lowest BCUT2D eigenvalue weighted by Crippen LogP contribution is -2.56. The molecule has 1 aromatic heterocycles. The summed E-state index contributed by atoms with van der Waals surface area (Å²) in [5.41, 5.74) is -0.856. The molecule has 1 N–H and O–H groups in total. The second-order valence-electron chi connectivity index (χ2n) is 6.49. The number of amides is 2. The first-order valence-corrected chi connectivity index (χ1v) is 10.6. The number of aromatic nitrogens is 2. The average Bonchev–Trinajstić information content (AvgIpc) is 3.14. The molecule has 2 heterocycles. The van der Waals surface area contributed by atoms with Gasteiger partial charge < -0.3 is 15.0 Å². The third kappa shape index (κ3) is 5.04. The molecular weight excluding hydrogens is 360 g/mol. The van der Waals surface area contributed by atoms with Crippen LogP contribution in [-0.4, -0.2) is 80.3 Å². The lowest BCUT2D eigenvalue weighted by molar-refractivity contribution is -0.140. The molecule has 1 aromatic rings. The van der Waals surface area contributed by atoms with Crippen molar-refractivity contribution >= 4 is 21.7 Å². The van der Waals surface area contributed by atoms with Crippen molar-refractivity contribution < 1.29 is 22.7 Å². The quantitative estimate of drug-likeness (QED) is 0.597. The molecule has 1 fully saturated rings. The van der Waals surface area contributed by atoms with Crippen molar-refractivity contribution in [2.75, 3.05) is 45.4 Å².